The van der Waals surface area contributed by atoms with Gasteiger partial charge >= 0.3 is 0 Å². The Morgan fingerprint density at radius 2 is 1.16 bits per heavy atom. The minimum absolute atomic E-state index is 0.00232. The molecule has 2 fully saturated rings. The minimum atomic E-state index is -3.85. The maximum Gasteiger partial charge on any atom is 0.246 e. The van der Waals surface area contributed by atoms with Crippen molar-refractivity contribution >= 4 is 143 Å². The number of aliphatic imine (C=N–C) groups is 2. The van der Waals surface area contributed by atoms with Gasteiger partial charge in [-0.2, -0.15) is 0 Å². The van der Waals surface area contributed by atoms with Crippen LogP contribution in [0, 0.1) is 0 Å². The van der Waals surface area contributed by atoms with Crippen LogP contribution < -0.4 is 81.4 Å². The van der Waals surface area contributed by atoms with Gasteiger partial charge in [0.1, 0.15) is 78.0 Å². The quantitative estimate of drug-likeness (QED) is 0.0143. The van der Waals surface area contributed by atoms with E-state index in [2.05, 4.69) is 80.4 Å². The molecule has 14 amide bonds. The highest BCUT2D eigenvalue weighted by atomic mass is 33.1. The standard InChI is InChI=1S/C84H127N19O20S3/c1-3-5-7-8-9-10-11-12-13-14-15-16-20-29-55(106)51-126(122,123)39-25-34-71(109)92-45-72(110)93-65(47-104)80(118)96-61(35-36-70(85)108)76(114)98-64(42-54-28-23-37-89-54)79(117)100-66(48-105)81(119)95-59(31-6-4-2)75(113)102-68-50-125-124-49-67(73(86)111)101-78(116)63(41-53-44-91-58-32-22-21-30-57(53)58)97-74(112)60(33-24-38-90-84(87)88)94-77(115)62(40-52-26-18-17-19-27-52)99-82(120)69-43-56(107)46-103(69)83(68)121/h17-19,21-22,26-28,30,32,37,44,56,59-69,91,104-105,107H,3-16,20,23-25,29,31,33-36,38-43,45-51H2,1-2H3,(H2,85,108)(H2,86,111)(H,92,109)(H,93,110)(H,94,115)(H,95,119)(H,96,118)(H,97,112)(H,98,114)(H,99,120)(H,100,117)(H,101,116)(H,102,113)(H4,87,88,90)/t56-,59+,60+,61+,62-,63+,64+,65+,66+,67+,68+,69+/m1/s1. The van der Waals surface area contributed by atoms with Gasteiger partial charge in [-0.25, -0.2) is 8.42 Å². The number of nitrogens with one attached hydrogen (secondary N) is 12. The molecule has 3 aliphatic heterocycles. The number of carbonyl (C=O) groups is 15. The van der Waals surface area contributed by atoms with Crippen molar-refractivity contribution in [1.82, 2.24) is 68.4 Å². The van der Waals surface area contributed by atoms with Crippen molar-refractivity contribution in [2.24, 2.45) is 32.9 Å². The number of sulfone groups is 1. The molecule has 42 heteroatoms. The first-order chi connectivity index (χ1) is 60.3. The monoisotopic (exact) mass is 1820 g/mol. The Morgan fingerprint density at radius 1 is 0.595 bits per heavy atom. The number of hydrogen-bond donors (Lipinski definition) is 19. The Balaban J connectivity index is 1.14. The Kier molecular flexibility index (Phi) is 46.2. The molecule has 12 atom stereocenters. The lowest BCUT2D eigenvalue weighted by Gasteiger charge is -2.31. The number of benzene rings is 2. The average molecular weight is 1820 g/mol. The number of guanidine groups is 1. The first kappa shape index (κ1) is 104. The molecule has 696 valence electrons. The molecule has 0 radical (unpaired) electrons. The molecule has 23 N–H and O–H groups in total. The number of primary amides is 2. The first-order valence-electron chi connectivity index (χ1n) is 43.2. The van der Waals surface area contributed by atoms with Crippen molar-refractivity contribution in [3.05, 3.63) is 83.7 Å². The van der Waals surface area contributed by atoms with Gasteiger partial charge in [0.05, 0.1) is 31.6 Å². The van der Waals surface area contributed by atoms with Gasteiger partial charge in [-0.15, -0.1) is 0 Å². The number of aromatic nitrogens is 1. The fraction of sp³-hybridized carbons (Fsp3) is 0.607. The first-order valence-corrected chi connectivity index (χ1v) is 47.5. The van der Waals surface area contributed by atoms with E-state index in [1.54, 1.807) is 73.8 Å². The normalized spacial score (nSPS) is 19.6. The summed E-state index contributed by atoms with van der Waals surface area (Å²) < 4.78 is 25.5. The van der Waals surface area contributed by atoms with Crippen molar-refractivity contribution in [2.45, 2.75) is 266 Å². The molecule has 0 spiro atoms. The zero-order valence-corrected chi connectivity index (χ0v) is 74.1. The molecule has 3 aliphatic rings. The van der Waals surface area contributed by atoms with E-state index in [0.717, 1.165) is 52.2 Å². The fourth-order valence-electron chi connectivity index (χ4n) is 14.4. The van der Waals surface area contributed by atoms with Crippen LogP contribution in [0.5, 0.6) is 0 Å². The van der Waals surface area contributed by atoms with E-state index >= 15 is 4.79 Å². The van der Waals surface area contributed by atoms with Gasteiger partial charge in [-0.05, 0) is 55.7 Å². The van der Waals surface area contributed by atoms with E-state index in [-0.39, 0.29) is 100 Å². The molecule has 0 unspecified atom stereocenters. The number of nitrogens with two attached hydrogens (primary N) is 4. The van der Waals surface area contributed by atoms with Crippen molar-refractivity contribution in [2.75, 3.05) is 55.9 Å². The summed E-state index contributed by atoms with van der Waals surface area (Å²) in [5.74, 6) is -16.3. The molecule has 0 aliphatic carbocycles. The largest absolute Gasteiger partial charge is 0.394 e. The number of nitrogens with zero attached hydrogens (tertiary/aromatic N) is 3. The number of hydrogen-bond acceptors (Lipinski definition) is 24. The molecule has 0 bridgehead atoms. The van der Waals surface area contributed by atoms with Gasteiger partial charge in [-0.3, -0.25) is 81.9 Å². The highest BCUT2D eigenvalue weighted by Crippen LogP contribution is 2.28. The molecule has 4 heterocycles. The molecule has 126 heavy (non-hydrogen) atoms. The highest BCUT2D eigenvalue weighted by molar-refractivity contribution is 8.76. The van der Waals surface area contributed by atoms with Crippen LogP contribution in [0.4, 0.5) is 0 Å². The van der Waals surface area contributed by atoms with Gasteiger partial charge < -0.3 is 107 Å². The molecular weight excluding hydrogens is 1690 g/mol. The van der Waals surface area contributed by atoms with E-state index in [4.69, 9.17) is 22.9 Å². The number of ketones is 1. The molecule has 0 saturated carbocycles. The second-order valence-corrected chi connectivity index (χ2v) is 36.4. The number of unbranched alkanes of at least 4 members (excludes halogenated alkanes) is 13. The number of para-hydroxylation sites is 1. The van der Waals surface area contributed by atoms with Crippen molar-refractivity contribution in [3.63, 3.8) is 0 Å². The summed E-state index contributed by atoms with van der Waals surface area (Å²) in [6.45, 7) is 0.515. The van der Waals surface area contributed by atoms with Crippen LogP contribution in [-0.2, 0) is 94.6 Å². The van der Waals surface area contributed by atoms with Gasteiger partial charge in [0.15, 0.2) is 15.8 Å². The zero-order chi connectivity index (χ0) is 92.1. The highest BCUT2D eigenvalue weighted by Gasteiger charge is 2.44. The molecule has 1 aromatic heterocycles. The van der Waals surface area contributed by atoms with Crippen LogP contribution in [-0.4, -0.2) is 263 Å². The molecule has 39 nitrogen and oxygen atoms in total. The summed E-state index contributed by atoms with van der Waals surface area (Å²) in [4.78, 5) is 223. The number of allylic oxidation sites excluding steroid dienone is 1. The van der Waals surface area contributed by atoms with Crippen LogP contribution in [0.25, 0.3) is 10.9 Å². The Labute approximate surface area is 741 Å². The van der Waals surface area contributed by atoms with E-state index < -0.39 is 222 Å². The number of amides is 14. The predicted molar refractivity (Wildman–Crippen MR) is 476 cm³/mol. The van der Waals surface area contributed by atoms with Crippen LogP contribution in [0.1, 0.15) is 192 Å². The number of carbonyl (C=O) groups excluding carboxylic acids is 15. The number of H-pyrrole nitrogens is 1. The number of rotatable bonds is 52. The maximum absolute atomic E-state index is 15.3. The summed E-state index contributed by atoms with van der Waals surface area (Å²) in [5.41, 5.74) is 24.7. The second kappa shape index (κ2) is 55.8. The Bertz CT molecular complexity index is 4360. The van der Waals surface area contributed by atoms with E-state index in [0.29, 0.717) is 41.3 Å². The van der Waals surface area contributed by atoms with Gasteiger partial charge in [0, 0.05) is 105 Å². The molecule has 3 aromatic rings. The van der Waals surface area contributed by atoms with Crippen LogP contribution in [0.3, 0.4) is 0 Å². The van der Waals surface area contributed by atoms with E-state index in [1.807, 2.05) is 0 Å². The number of fused-ring (bicyclic) bond motifs is 2. The lowest BCUT2D eigenvalue weighted by molar-refractivity contribution is -0.142. The summed E-state index contributed by atoms with van der Waals surface area (Å²) in [7, 11) is -2.02. The Morgan fingerprint density at radius 3 is 1.79 bits per heavy atom. The van der Waals surface area contributed by atoms with E-state index in [9.17, 15) is 90.9 Å². The lowest BCUT2D eigenvalue weighted by atomic mass is 10.0. The van der Waals surface area contributed by atoms with Crippen LogP contribution in [0.2, 0.25) is 0 Å². The fourth-order valence-corrected chi connectivity index (χ4v) is 18.1. The number of Topliss-reactive ketones (excluding diaryl/α,β-unsaturated/α-hetero) is 1. The molecule has 2 saturated heterocycles. The van der Waals surface area contributed by atoms with Crippen molar-refractivity contribution in [3.8, 4) is 0 Å². The summed E-state index contributed by atoms with van der Waals surface area (Å²) in [6.07, 6.45) is 16.1. The lowest BCUT2D eigenvalue weighted by Crippen LogP contribution is -2.61. The third-order valence-corrected chi connectivity index (χ3v) is 25.5. The SMILES string of the molecule is CCCCCCCCCCCCCCCC(=O)CS(=O)(=O)CCCC(=O)NCC(=O)N[C@@H](CO)C(=O)N[C@@H](CCC(N)=O)C(=O)N[C@@H](CC1=CCC=N1)C(=O)N[C@@H](CO)C(=O)N[C@@H](CCCC)C(=O)N[C@H]1CSSC[C@@H](C(N)=O)NC(=O)[C@H](Cc2c[nH]c3ccccc23)NC(=O)[C@H](CCCN=C(N)N)NC(=O)[C@@H](Cc2ccccc2)NC(=O)[C@@H]2C[C@@H](O)CN2C1=O. The van der Waals surface area contributed by atoms with Crippen LogP contribution in [0.15, 0.2) is 82.6 Å². The summed E-state index contributed by atoms with van der Waals surface area (Å²) in [6, 6.07) is -2.10. The van der Waals surface area contributed by atoms with Gasteiger partial charge in [-0.1, -0.05) is 180 Å². The number of aliphatic hydroxyl groups is 3. The number of aromatic amines is 1. The molecule has 2 aromatic carbocycles. The predicted octanol–water partition coefficient (Wildman–Crippen LogP) is -0.753. The van der Waals surface area contributed by atoms with Crippen LogP contribution >= 0.6 is 21.6 Å². The third kappa shape index (κ3) is 37.5. The molecule has 6 rings (SSSR count). The zero-order valence-electron chi connectivity index (χ0n) is 71.7. The van der Waals surface area contributed by atoms with Gasteiger partial charge in [0.2, 0.25) is 82.7 Å². The number of aliphatic hydroxyl groups excluding tert-OH is 3. The average Bonchev–Trinajstić information content (AvgIpc) is 1.65. The summed E-state index contributed by atoms with van der Waals surface area (Å²) >= 11 is 0. The van der Waals surface area contributed by atoms with Crippen molar-refractivity contribution in [1.29, 1.82) is 0 Å². The second-order valence-electron chi connectivity index (χ2n) is 31.7. The topological polar surface area (TPSA) is 631 Å². The smallest absolute Gasteiger partial charge is 0.246 e. The Hall–Kier alpha value is -10.6. The van der Waals surface area contributed by atoms with Gasteiger partial charge in [0.25, 0.3) is 0 Å². The summed E-state index contributed by atoms with van der Waals surface area (Å²) in [5, 5.41) is 60.9. The third-order valence-electron chi connectivity index (χ3n) is 21.4. The minimum Gasteiger partial charge on any atom is -0.394 e. The molecular formula is C84H127N19O20S3. The van der Waals surface area contributed by atoms with E-state index in [1.165, 1.54) is 57.6 Å². The van der Waals surface area contributed by atoms with Crippen molar-refractivity contribution < 1.29 is 95.7 Å². The maximum atomic E-state index is 15.3.